The number of benzene rings is 3. The molecule has 11 amide bonds. The first-order valence-corrected chi connectivity index (χ1v) is 36.6. The number of imidazole rings is 1. The van der Waals surface area contributed by atoms with Crippen molar-refractivity contribution in [1.82, 2.24) is 67.6 Å². The van der Waals surface area contributed by atoms with E-state index < -0.39 is 174 Å². The molecule has 31 nitrogen and oxygen atoms in total. The Labute approximate surface area is 611 Å². The third-order valence-electron chi connectivity index (χ3n) is 17.8. The van der Waals surface area contributed by atoms with Crippen molar-refractivity contribution >= 4 is 114 Å². The van der Waals surface area contributed by atoms with Gasteiger partial charge in [0, 0.05) is 68.6 Å². The molecule has 103 heavy (non-hydrogen) atoms. The van der Waals surface area contributed by atoms with E-state index in [9.17, 15) is 78.0 Å². The fraction of sp³-hybridized carbons (Fsp3) is 0.507. The number of hydrogen-bond donors (Lipinski definition) is 17. The largest absolute Gasteiger partial charge is 0.508 e. The van der Waals surface area contributed by atoms with Crippen LogP contribution in [0.4, 0.5) is 0 Å². The van der Waals surface area contributed by atoms with E-state index in [4.69, 9.17) is 5.73 Å². The van der Waals surface area contributed by atoms with Crippen molar-refractivity contribution in [3.05, 3.63) is 120 Å². The normalized spacial score (nSPS) is 17.7. The minimum Gasteiger partial charge on any atom is -0.508 e. The number of nitrogens with zero attached hydrogens (tertiary/aromatic N) is 3. The maximum Gasteiger partial charge on any atom is 0.327 e. The van der Waals surface area contributed by atoms with Crippen molar-refractivity contribution in [2.45, 2.75) is 176 Å². The van der Waals surface area contributed by atoms with Crippen molar-refractivity contribution in [2.75, 3.05) is 36.6 Å². The number of likely N-dealkylation sites (tertiary alicyclic amines) is 2. The zero-order chi connectivity index (χ0) is 75.4. The molecule has 0 unspecified atom stereocenters. The van der Waals surface area contributed by atoms with Crippen LogP contribution in [0, 0.1) is 5.92 Å². The number of aromatic amines is 1. The quantitative estimate of drug-likeness (QED) is 0.0239. The van der Waals surface area contributed by atoms with Gasteiger partial charge in [-0.25, -0.2) is 9.78 Å². The van der Waals surface area contributed by atoms with E-state index >= 15 is 4.79 Å². The number of aromatic hydroxyl groups is 1. The molecule has 0 radical (unpaired) electrons. The van der Waals surface area contributed by atoms with E-state index in [0.29, 0.717) is 35.2 Å². The number of amides is 11. The smallest absolute Gasteiger partial charge is 0.327 e. The van der Waals surface area contributed by atoms with E-state index in [2.05, 4.69) is 83.1 Å². The minimum atomic E-state index is -1.70. The molecule has 3 heterocycles. The van der Waals surface area contributed by atoms with Crippen LogP contribution in [-0.2, 0) is 88.0 Å². The maximum atomic E-state index is 15.0. The van der Waals surface area contributed by atoms with Gasteiger partial charge in [0.05, 0.1) is 18.5 Å². The molecular formula is C69H94N14O17S3. The number of carboxylic acid groups (broad SMARTS) is 2. The van der Waals surface area contributed by atoms with E-state index in [1.807, 2.05) is 0 Å². The number of nitrogens with one attached hydrogen (secondary N) is 10. The molecule has 2 aliphatic rings. The highest BCUT2D eigenvalue weighted by atomic mass is 32.2. The monoisotopic (exact) mass is 1490 g/mol. The molecule has 2 saturated heterocycles. The number of thiol groups is 2. The van der Waals surface area contributed by atoms with Gasteiger partial charge in [0.25, 0.3) is 0 Å². The second-order valence-corrected chi connectivity index (χ2v) is 27.2. The highest BCUT2D eigenvalue weighted by molar-refractivity contribution is 7.98. The molecule has 6 rings (SSSR count). The van der Waals surface area contributed by atoms with Crippen LogP contribution in [0.1, 0.15) is 94.5 Å². The Bertz CT molecular complexity index is 3550. The predicted molar refractivity (Wildman–Crippen MR) is 386 cm³/mol. The molecule has 1 aromatic heterocycles. The van der Waals surface area contributed by atoms with Gasteiger partial charge in [-0.3, -0.25) is 57.5 Å². The molecule has 14 atom stereocenters. The number of carboxylic acids is 2. The first kappa shape index (κ1) is 82.7. The summed E-state index contributed by atoms with van der Waals surface area (Å²) in [4.78, 5) is 192. The van der Waals surface area contributed by atoms with Gasteiger partial charge in [0.15, 0.2) is 0 Å². The van der Waals surface area contributed by atoms with Crippen LogP contribution in [0.3, 0.4) is 0 Å². The van der Waals surface area contributed by atoms with Crippen molar-refractivity contribution in [2.24, 2.45) is 11.7 Å². The number of H-pyrrole nitrogens is 1. The Balaban J connectivity index is 1.25. The molecule has 2 fully saturated rings. The maximum absolute atomic E-state index is 15.0. The number of aliphatic carboxylic acids is 2. The van der Waals surface area contributed by atoms with E-state index in [-0.39, 0.29) is 87.5 Å². The Morgan fingerprint density at radius 1 is 0.563 bits per heavy atom. The van der Waals surface area contributed by atoms with Gasteiger partial charge in [0.1, 0.15) is 72.2 Å². The number of hydrogen-bond acceptors (Lipinski definition) is 20. The number of aliphatic hydroxyl groups excluding tert-OH is 1. The van der Waals surface area contributed by atoms with Crippen LogP contribution in [0.25, 0.3) is 0 Å². The third kappa shape index (κ3) is 25.0. The SMILES string of the molecule is CC[C@H](C)[C@H](NC(=O)[C@@H](N)CS)C(=O)N[C@H](C(=O)N[C@@H](Cc1ccc(O)cc1)C(=O)N1CCC[C@H]1C(=O)N[C@@H](Cc1ccccc1)C(=O)N[C@@H](Cc1cnc[nH]1)C(=O)N[C@@H](CCC(=O)O)C(=O)N[C@@H](CCSC)C(=O)N[C@@H](Cc1ccccc1)C(=O)N1CCC[C@H]1C(=O)N[C@@H](CS)C(=O)O)[C@@H](C)O. The van der Waals surface area contributed by atoms with Crippen molar-refractivity contribution in [1.29, 1.82) is 0 Å². The highest BCUT2D eigenvalue weighted by Gasteiger charge is 2.43. The molecule has 3 aromatic carbocycles. The van der Waals surface area contributed by atoms with Gasteiger partial charge in [-0.15, -0.1) is 0 Å². The van der Waals surface area contributed by atoms with Crippen molar-refractivity contribution < 1.29 is 82.8 Å². The van der Waals surface area contributed by atoms with Gasteiger partial charge in [0.2, 0.25) is 65.0 Å². The number of phenolic OH excluding ortho intramolecular Hbond substituents is 1. The Hall–Kier alpha value is -9.25. The summed E-state index contributed by atoms with van der Waals surface area (Å²) in [5.74, 6) is -12.6. The molecule has 0 aliphatic carbocycles. The van der Waals surface area contributed by atoms with Gasteiger partial charge in [-0.1, -0.05) is 93.1 Å². The second kappa shape index (κ2) is 41.1. The van der Waals surface area contributed by atoms with Gasteiger partial charge >= 0.3 is 11.9 Å². The topological polar surface area (TPSA) is 472 Å². The Kier molecular flexibility index (Phi) is 33.0. The van der Waals surface area contributed by atoms with E-state index in [0.717, 1.165) is 0 Å². The van der Waals surface area contributed by atoms with Crippen LogP contribution < -0.4 is 53.6 Å². The van der Waals surface area contributed by atoms with E-state index in [1.165, 1.54) is 65.3 Å². The second-order valence-electron chi connectivity index (χ2n) is 25.5. The average molecular weight is 1490 g/mol. The Morgan fingerprint density at radius 3 is 1.48 bits per heavy atom. The summed E-state index contributed by atoms with van der Waals surface area (Å²) in [6, 6.07) is 6.08. The lowest BCUT2D eigenvalue weighted by atomic mass is 9.97. The van der Waals surface area contributed by atoms with Crippen molar-refractivity contribution in [3.63, 3.8) is 0 Å². The number of nitrogens with two attached hydrogens (primary N) is 1. The van der Waals surface area contributed by atoms with Crippen molar-refractivity contribution in [3.8, 4) is 5.75 Å². The molecule has 0 spiro atoms. The first-order chi connectivity index (χ1) is 49.2. The number of rotatable bonds is 40. The summed E-state index contributed by atoms with van der Waals surface area (Å²) in [6.07, 6.45) is 2.08. The van der Waals surface area contributed by atoms with Crippen LogP contribution in [-0.4, -0.2) is 232 Å². The summed E-state index contributed by atoms with van der Waals surface area (Å²) in [5, 5.41) is 64.3. The fourth-order valence-electron chi connectivity index (χ4n) is 11.8. The number of carbonyl (C=O) groups is 13. The van der Waals surface area contributed by atoms with E-state index in [1.54, 1.807) is 80.8 Å². The zero-order valence-electron chi connectivity index (χ0n) is 57.7. The standard InChI is InChI=1S/C69H94N14O17S3/c1-5-38(2)56(80-58(88)45(70)35-101)65(95)81-57(39(3)84)66(96)78-51(32-42-20-22-44(85)23-21-42)68(98)82-27-12-18-53(82)63(93)76-48(30-40-14-8-6-9-15-40)61(91)75-49(33-43-34-71-37-72-43)62(92)73-46(24-25-55(86)87)59(89)74-47(26-29-103-4)60(90)77-50(31-41-16-10-7-11-17-41)67(97)83-28-13-19-54(83)64(94)79-52(36-102)69(99)100/h6-11,14-17,20-23,34,37-39,45-54,56-57,84-85,101-102H,5,12-13,18-19,24-33,35-36,70H2,1-4H3,(H,71,72)(H,73,92)(H,74,89)(H,75,91)(H,76,93)(H,77,90)(H,78,96)(H,79,94)(H,80,88)(H,81,95)(H,86,87)(H,99,100)/t38-,39+,45-,46-,47-,48-,49-,50-,51-,52-,53-,54-,56-,57-/m0/s1. The molecule has 0 bridgehead atoms. The summed E-state index contributed by atoms with van der Waals surface area (Å²) in [5.41, 5.74) is 7.78. The van der Waals surface area contributed by atoms with Crippen LogP contribution in [0.5, 0.6) is 5.75 Å². The average Bonchev–Trinajstić information content (AvgIpc) is 1.76. The first-order valence-electron chi connectivity index (χ1n) is 33.9. The molecule has 16 N–H and O–H groups in total. The number of aliphatic hydroxyl groups is 1. The molecule has 560 valence electrons. The van der Waals surface area contributed by atoms with Crippen LogP contribution >= 0.6 is 37.0 Å². The number of aromatic nitrogens is 2. The predicted octanol–water partition coefficient (Wildman–Crippen LogP) is -0.953. The lowest BCUT2D eigenvalue weighted by Gasteiger charge is -2.32. The molecule has 2 aliphatic heterocycles. The fourth-order valence-corrected chi connectivity index (χ4v) is 12.7. The summed E-state index contributed by atoms with van der Waals surface area (Å²) in [6.45, 7) is 4.77. The lowest BCUT2D eigenvalue weighted by Crippen LogP contribution is -2.62. The van der Waals surface area contributed by atoms with Crippen LogP contribution in [0.2, 0.25) is 0 Å². The summed E-state index contributed by atoms with van der Waals surface area (Å²) in [7, 11) is 0. The molecular weight excluding hydrogens is 1390 g/mol. The number of carbonyl (C=O) groups excluding carboxylic acids is 11. The van der Waals surface area contributed by atoms with Gasteiger partial charge in [-0.2, -0.15) is 37.0 Å². The molecule has 4 aromatic rings. The summed E-state index contributed by atoms with van der Waals surface area (Å²) < 4.78 is 0. The number of phenols is 1. The highest BCUT2D eigenvalue weighted by Crippen LogP contribution is 2.24. The number of thioether (sulfide) groups is 1. The minimum absolute atomic E-state index is 0.0207. The lowest BCUT2D eigenvalue weighted by molar-refractivity contribution is -0.144. The van der Waals surface area contributed by atoms with Gasteiger partial charge in [-0.05, 0) is 92.2 Å². The third-order valence-corrected chi connectivity index (χ3v) is 19.2. The molecule has 34 heteroatoms. The zero-order valence-corrected chi connectivity index (χ0v) is 60.3. The Morgan fingerprint density at radius 2 is 1.01 bits per heavy atom. The summed E-state index contributed by atoms with van der Waals surface area (Å²) >= 11 is 9.43. The van der Waals surface area contributed by atoms with Crippen LogP contribution in [0.15, 0.2) is 97.5 Å². The van der Waals surface area contributed by atoms with Gasteiger partial charge < -0.3 is 88.8 Å². The molecule has 0 saturated carbocycles.